The van der Waals surface area contributed by atoms with Crippen molar-refractivity contribution >= 4 is 23.4 Å². The molecule has 2 aromatic rings. The van der Waals surface area contributed by atoms with E-state index in [-0.39, 0.29) is 30.2 Å². The molecule has 1 aliphatic heterocycles. The number of nitrogens with one attached hydrogen (secondary N) is 2. The molecule has 1 fully saturated rings. The number of anilines is 1. The van der Waals surface area contributed by atoms with Crippen molar-refractivity contribution in [1.29, 1.82) is 0 Å². The van der Waals surface area contributed by atoms with Gasteiger partial charge in [0.2, 0.25) is 11.8 Å². The van der Waals surface area contributed by atoms with Gasteiger partial charge < -0.3 is 29.7 Å². The second kappa shape index (κ2) is 11.4. The summed E-state index contributed by atoms with van der Waals surface area (Å²) in [7, 11) is 4.60. The molecule has 0 atom stereocenters. The lowest BCUT2D eigenvalue weighted by Crippen LogP contribution is -2.44. The van der Waals surface area contributed by atoms with Gasteiger partial charge in [0.25, 0.3) is 5.91 Å². The molecule has 2 N–H and O–H groups in total. The number of rotatable bonds is 8. The van der Waals surface area contributed by atoms with Gasteiger partial charge in [0.1, 0.15) is 17.2 Å². The summed E-state index contributed by atoms with van der Waals surface area (Å²) in [6.45, 7) is 2.67. The second-order valence-corrected chi connectivity index (χ2v) is 8.14. The summed E-state index contributed by atoms with van der Waals surface area (Å²) in [6.07, 6.45) is 1.04. The summed E-state index contributed by atoms with van der Waals surface area (Å²) in [5, 5.41) is 5.47. The third kappa shape index (κ3) is 6.18. The molecule has 0 saturated carbocycles. The number of aryl methyl sites for hydroxylation is 1. The summed E-state index contributed by atoms with van der Waals surface area (Å²) >= 11 is 0. The van der Waals surface area contributed by atoms with Crippen LogP contribution in [0.2, 0.25) is 0 Å². The molecule has 1 saturated heterocycles. The highest BCUT2D eigenvalue weighted by Crippen LogP contribution is 2.26. The number of ether oxygens (including phenoxy) is 3. The summed E-state index contributed by atoms with van der Waals surface area (Å²) in [4.78, 5) is 39.6. The molecule has 182 valence electrons. The van der Waals surface area contributed by atoms with Crippen LogP contribution in [0.3, 0.4) is 0 Å². The smallest absolute Gasteiger partial charge is 0.254 e. The maximum atomic E-state index is 12.9. The fourth-order valence-electron chi connectivity index (χ4n) is 3.88. The zero-order chi connectivity index (χ0) is 24.7. The van der Waals surface area contributed by atoms with Crippen molar-refractivity contribution in [2.75, 3.05) is 46.3 Å². The molecular formula is C25H31N3O6. The van der Waals surface area contributed by atoms with Crippen LogP contribution in [0.25, 0.3) is 0 Å². The number of carbonyl (C=O) groups excluding carboxylic acids is 3. The highest BCUT2D eigenvalue weighted by molar-refractivity contribution is 5.96. The number of methoxy groups -OCH3 is 3. The van der Waals surface area contributed by atoms with Gasteiger partial charge >= 0.3 is 0 Å². The Kier molecular flexibility index (Phi) is 8.34. The van der Waals surface area contributed by atoms with Crippen LogP contribution in [0.1, 0.15) is 28.8 Å². The molecule has 0 spiro atoms. The van der Waals surface area contributed by atoms with Gasteiger partial charge in [-0.1, -0.05) is 6.07 Å². The molecule has 0 unspecified atom stereocenters. The standard InChI is InChI=1S/C25H31N3O6/c1-16-5-6-22(34-4)21(11-16)27-23(29)15-26-24(30)17-7-9-28(10-8-17)25(31)18-12-19(32-2)14-20(13-18)33-3/h5-6,11-14,17H,7-10,15H2,1-4H3,(H,26,30)(H,27,29). The van der Waals surface area contributed by atoms with E-state index in [1.54, 1.807) is 29.2 Å². The first kappa shape index (κ1) is 24.9. The minimum atomic E-state index is -0.336. The Morgan fingerprint density at radius 2 is 1.59 bits per heavy atom. The van der Waals surface area contributed by atoms with E-state index >= 15 is 0 Å². The molecule has 1 heterocycles. The number of likely N-dealkylation sites (tertiary alicyclic amines) is 1. The van der Waals surface area contributed by atoms with Crippen LogP contribution in [0.5, 0.6) is 17.2 Å². The number of hydrogen-bond acceptors (Lipinski definition) is 6. The van der Waals surface area contributed by atoms with Crippen molar-refractivity contribution < 1.29 is 28.6 Å². The normalized spacial score (nSPS) is 13.7. The molecule has 1 aliphatic rings. The van der Waals surface area contributed by atoms with Crippen LogP contribution in [0.15, 0.2) is 36.4 Å². The first-order valence-electron chi connectivity index (χ1n) is 11.1. The van der Waals surface area contributed by atoms with Gasteiger partial charge in [0.15, 0.2) is 0 Å². The van der Waals surface area contributed by atoms with E-state index in [4.69, 9.17) is 14.2 Å². The lowest BCUT2D eigenvalue weighted by Gasteiger charge is -2.31. The minimum Gasteiger partial charge on any atom is -0.497 e. The lowest BCUT2D eigenvalue weighted by atomic mass is 9.95. The van der Waals surface area contributed by atoms with Crippen molar-refractivity contribution in [3.05, 3.63) is 47.5 Å². The van der Waals surface area contributed by atoms with E-state index in [0.29, 0.717) is 54.4 Å². The fraction of sp³-hybridized carbons (Fsp3) is 0.400. The van der Waals surface area contributed by atoms with E-state index < -0.39 is 0 Å². The van der Waals surface area contributed by atoms with Crippen LogP contribution < -0.4 is 24.8 Å². The molecule has 0 radical (unpaired) electrons. The van der Waals surface area contributed by atoms with Gasteiger partial charge in [-0.15, -0.1) is 0 Å². The molecule has 34 heavy (non-hydrogen) atoms. The predicted octanol–water partition coefficient (Wildman–Crippen LogP) is 2.63. The second-order valence-electron chi connectivity index (χ2n) is 8.14. The van der Waals surface area contributed by atoms with Gasteiger partial charge in [0, 0.05) is 30.6 Å². The Morgan fingerprint density at radius 1 is 0.941 bits per heavy atom. The Labute approximate surface area is 199 Å². The first-order valence-corrected chi connectivity index (χ1v) is 11.1. The number of piperidine rings is 1. The average Bonchev–Trinajstić information content (AvgIpc) is 2.86. The quantitative estimate of drug-likeness (QED) is 0.616. The molecule has 9 heteroatoms. The summed E-state index contributed by atoms with van der Waals surface area (Å²) in [6, 6.07) is 10.5. The van der Waals surface area contributed by atoms with Crippen molar-refractivity contribution in [2.24, 2.45) is 5.92 Å². The minimum absolute atomic E-state index is 0.137. The number of benzene rings is 2. The van der Waals surface area contributed by atoms with Crippen LogP contribution >= 0.6 is 0 Å². The van der Waals surface area contributed by atoms with E-state index in [9.17, 15) is 14.4 Å². The molecule has 9 nitrogen and oxygen atoms in total. The fourth-order valence-corrected chi connectivity index (χ4v) is 3.88. The number of carbonyl (C=O) groups is 3. The van der Waals surface area contributed by atoms with Gasteiger partial charge in [0.05, 0.1) is 33.6 Å². The maximum Gasteiger partial charge on any atom is 0.254 e. The van der Waals surface area contributed by atoms with Crippen LogP contribution in [0.4, 0.5) is 5.69 Å². The summed E-state index contributed by atoms with van der Waals surface area (Å²) in [5.41, 5.74) is 2.01. The zero-order valence-electron chi connectivity index (χ0n) is 20.0. The molecule has 0 aromatic heterocycles. The first-order chi connectivity index (χ1) is 16.3. The van der Waals surface area contributed by atoms with Crippen LogP contribution in [0, 0.1) is 12.8 Å². The van der Waals surface area contributed by atoms with E-state index in [1.165, 1.54) is 21.3 Å². The third-order valence-corrected chi connectivity index (χ3v) is 5.80. The predicted molar refractivity (Wildman–Crippen MR) is 128 cm³/mol. The van der Waals surface area contributed by atoms with E-state index in [1.807, 2.05) is 19.1 Å². The molecule has 0 bridgehead atoms. The van der Waals surface area contributed by atoms with Crippen molar-refractivity contribution in [3.63, 3.8) is 0 Å². The van der Waals surface area contributed by atoms with Gasteiger partial charge in [-0.3, -0.25) is 14.4 Å². The molecule has 3 rings (SSSR count). The van der Waals surface area contributed by atoms with E-state index in [2.05, 4.69) is 10.6 Å². The largest absolute Gasteiger partial charge is 0.497 e. The van der Waals surface area contributed by atoms with Gasteiger partial charge in [-0.05, 0) is 49.6 Å². The maximum absolute atomic E-state index is 12.9. The van der Waals surface area contributed by atoms with Crippen molar-refractivity contribution in [2.45, 2.75) is 19.8 Å². The number of hydrogen-bond donors (Lipinski definition) is 2. The highest BCUT2D eigenvalue weighted by atomic mass is 16.5. The zero-order valence-corrected chi connectivity index (χ0v) is 20.0. The van der Waals surface area contributed by atoms with Gasteiger partial charge in [-0.25, -0.2) is 0 Å². The molecule has 0 aliphatic carbocycles. The van der Waals surface area contributed by atoms with Crippen molar-refractivity contribution in [1.82, 2.24) is 10.2 Å². The number of nitrogens with zero attached hydrogens (tertiary/aromatic N) is 1. The molecular weight excluding hydrogens is 438 g/mol. The Bertz CT molecular complexity index is 1020. The monoisotopic (exact) mass is 469 g/mol. The average molecular weight is 470 g/mol. The van der Waals surface area contributed by atoms with Crippen LogP contribution in [-0.2, 0) is 9.59 Å². The lowest BCUT2D eigenvalue weighted by molar-refractivity contribution is -0.128. The van der Waals surface area contributed by atoms with E-state index in [0.717, 1.165) is 5.56 Å². The van der Waals surface area contributed by atoms with Crippen molar-refractivity contribution in [3.8, 4) is 17.2 Å². The Morgan fingerprint density at radius 3 is 2.18 bits per heavy atom. The van der Waals surface area contributed by atoms with Crippen LogP contribution in [-0.4, -0.2) is 63.6 Å². The SMILES string of the molecule is COc1cc(OC)cc(C(=O)N2CCC(C(=O)NCC(=O)Nc3cc(C)ccc3OC)CC2)c1. The number of amides is 3. The highest BCUT2D eigenvalue weighted by Gasteiger charge is 2.28. The Hall–Kier alpha value is -3.75. The summed E-state index contributed by atoms with van der Waals surface area (Å²) in [5.74, 6) is 0.707. The third-order valence-electron chi connectivity index (χ3n) is 5.80. The molecule has 3 amide bonds. The Balaban J connectivity index is 1.50. The summed E-state index contributed by atoms with van der Waals surface area (Å²) < 4.78 is 15.7. The van der Waals surface area contributed by atoms with Gasteiger partial charge in [-0.2, -0.15) is 0 Å². The molecule has 2 aromatic carbocycles. The topological polar surface area (TPSA) is 106 Å².